The molecular weight excluding hydrogens is 242 g/mol. The van der Waals surface area contributed by atoms with E-state index in [4.69, 9.17) is 5.11 Å². The highest BCUT2D eigenvalue weighted by Gasteiger charge is 2.27. The average molecular weight is 252 g/mol. The van der Waals surface area contributed by atoms with Gasteiger partial charge in [0.05, 0.1) is 16.8 Å². The average Bonchev–Trinajstić information content (AvgIpc) is 3.07. The monoisotopic (exact) mass is 252 g/mol. The normalized spacial score (nSPS) is 15.5. The Morgan fingerprint density at radius 1 is 1.44 bits per heavy atom. The molecule has 2 heterocycles. The fraction of sp³-hybridized carbons (Fsp3) is 0.333. The number of alkyl halides is 2. The molecule has 0 spiro atoms. The lowest BCUT2D eigenvalue weighted by Gasteiger charge is -2.04. The number of imidazole rings is 1. The van der Waals surface area contributed by atoms with E-state index in [0.29, 0.717) is 5.92 Å². The van der Waals surface area contributed by atoms with Crippen LogP contribution in [0.3, 0.4) is 0 Å². The van der Waals surface area contributed by atoms with E-state index >= 15 is 0 Å². The highest BCUT2D eigenvalue weighted by molar-refractivity contribution is 5.88. The predicted octanol–water partition coefficient (Wildman–Crippen LogP) is 2.85. The van der Waals surface area contributed by atoms with Gasteiger partial charge in [-0.3, -0.25) is 0 Å². The number of fused-ring (bicyclic) bond motifs is 1. The van der Waals surface area contributed by atoms with Gasteiger partial charge >= 0.3 is 5.97 Å². The minimum atomic E-state index is -2.73. The topological polar surface area (TPSA) is 54.6 Å². The van der Waals surface area contributed by atoms with Crippen molar-refractivity contribution in [2.75, 3.05) is 0 Å². The van der Waals surface area contributed by atoms with E-state index in [1.807, 2.05) is 0 Å². The summed E-state index contributed by atoms with van der Waals surface area (Å²) in [6, 6.07) is 0.992. The number of carboxylic acid groups (broad SMARTS) is 1. The molecule has 4 nitrogen and oxygen atoms in total. The molecule has 2 aromatic heterocycles. The summed E-state index contributed by atoms with van der Waals surface area (Å²) in [5.41, 5.74) is 0.427. The maximum absolute atomic E-state index is 12.9. The number of pyridine rings is 1. The third kappa shape index (κ3) is 1.73. The maximum Gasteiger partial charge on any atom is 0.337 e. The largest absolute Gasteiger partial charge is 0.478 e. The number of rotatable bonds is 3. The molecule has 1 aliphatic rings. The molecule has 18 heavy (non-hydrogen) atoms. The zero-order chi connectivity index (χ0) is 12.9. The first-order chi connectivity index (χ1) is 8.56. The molecule has 0 saturated heterocycles. The Morgan fingerprint density at radius 3 is 2.72 bits per heavy atom. The minimum Gasteiger partial charge on any atom is -0.478 e. The Bertz CT molecular complexity index is 632. The lowest BCUT2D eigenvalue weighted by Crippen LogP contribution is -2.02. The second-order valence-corrected chi connectivity index (χ2v) is 4.46. The summed E-state index contributed by atoms with van der Waals surface area (Å²) in [6.45, 7) is 0. The van der Waals surface area contributed by atoms with Crippen LogP contribution in [0, 0.1) is 0 Å². The van der Waals surface area contributed by atoms with Crippen LogP contribution in [0.25, 0.3) is 5.65 Å². The van der Waals surface area contributed by atoms with Crippen molar-refractivity contribution in [2.24, 2.45) is 0 Å². The van der Waals surface area contributed by atoms with Crippen LogP contribution < -0.4 is 0 Å². The number of nitrogens with zero attached hydrogens (tertiary/aromatic N) is 2. The quantitative estimate of drug-likeness (QED) is 0.913. The number of hydrogen-bond donors (Lipinski definition) is 1. The molecule has 1 aliphatic carbocycles. The van der Waals surface area contributed by atoms with E-state index in [0.717, 1.165) is 24.6 Å². The van der Waals surface area contributed by atoms with Crippen molar-refractivity contribution in [1.82, 2.24) is 9.38 Å². The number of aromatic nitrogens is 2. The van der Waals surface area contributed by atoms with Crippen LogP contribution in [0.15, 0.2) is 18.5 Å². The molecule has 1 fully saturated rings. The van der Waals surface area contributed by atoms with Crippen LogP contribution in [-0.2, 0) is 0 Å². The summed E-state index contributed by atoms with van der Waals surface area (Å²) in [5, 5.41) is 8.90. The summed E-state index contributed by atoms with van der Waals surface area (Å²) >= 11 is 0. The van der Waals surface area contributed by atoms with Crippen LogP contribution >= 0.6 is 0 Å². The van der Waals surface area contributed by atoms with Crippen molar-refractivity contribution >= 4 is 11.6 Å². The van der Waals surface area contributed by atoms with Crippen LogP contribution in [0.1, 0.15) is 46.8 Å². The number of carboxylic acids is 1. The van der Waals surface area contributed by atoms with Gasteiger partial charge < -0.3 is 9.51 Å². The Balaban J connectivity index is 2.23. The van der Waals surface area contributed by atoms with Crippen molar-refractivity contribution in [1.29, 1.82) is 0 Å². The van der Waals surface area contributed by atoms with Gasteiger partial charge in [0.15, 0.2) is 0 Å². The van der Waals surface area contributed by atoms with E-state index in [2.05, 4.69) is 4.98 Å². The Kier molecular flexibility index (Phi) is 2.33. The molecule has 0 amide bonds. The van der Waals surface area contributed by atoms with Gasteiger partial charge in [-0.15, -0.1) is 0 Å². The molecule has 6 heteroatoms. The van der Waals surface area contributed by atoms with E-state index < -0.39 is 12.4 Å². The molecule has 0 atom stereocenters. The maximum atomic E-state index is 12.9. The highest BCUT2D eigenvalue weighted by atomic mass is 19.3. The van der Waals surface area contributed by atoms with E-state index in [1.54, 1.807) is 6.20 Å². The first kappa shape index (κ1) is 11.1. The van der Waals surface area contributed by atoms with Gasteiger partial charge in [0, 0.05) is 18.3 Å². The van der Waals surface area contributed by atoms with Crippen molar-refractivity contribution in [3.8, 4) is 0 Å². The Morgan fingerprint density at radius 2 is 2.17 bits per heavy atom. The minimum absolute atomic E-state index is 0.150. The predicted molar refractivity (Wildman–Crippen MR) is 59.1 cm³/mol. The molecule has 3 rings (SSSR count). The van der Waals surface area contributed by atoms with Gasteiger partial charge in [0.25, 0.3) is 6.43 Å². The van der Waals surface area contributed by atoms with Gasteiger partial charge in [0.1, 0.15) is 5.65 Å². The summed E-state index contributed by atoms with van der Waals surface area (Å²) in [6.07, 6.45) is 2.26. The summed E-state index contributed by atoms with van der Waals surface area (Å²) < 4.78 is 27.2. The highest BCUT2D eigenvalue weighted by Crippen LogP contribution is 2.40. The van der Waals surface area contributed by atoms with E-state index in [1.165, 1.54) is 10.6 Å². The molecule has 0 radical (unpaired) electrons. The van der Waals surface area contributed by atoms with Gasteiger partial charge in [-0.2, -0.15) is 0 Å². The van der Waals surface area contributed by atoms with Gasteiger partial charge in [0.2, 0.25) is 0 Å². The second-order valence-electron chi connectivity index (χ2n) is 4.46. The van der Waals surface area contributed by atoms with Crippen LogP contribution in [0.2, 0.25) is 0 Å². The smallest absolute Gasteiger partial charge is 0.337 e. The van der Waals surface area contributed by atoms with E-state index in [9.17, 15) is 13.6 Å². The molecule has 1 saturated carbocycles. The molecular formula is C12H10F2N2O2. The zero-order valence-corrected chi connectivity index (χ0v) is 9.31. The summed E-state index contributed by atoms with van der Waals surface area (Å²) in [5.74, 6) is -0.885. The number of aromatic carboxylic acids is 1. The lowest BCUT2D eigenvalue weighted by atomic mass is 10.2. The number of halogens is 2. The fourth-order valence-corrected chi connectivity index (χ4v) is 2.00. The molecule has 0 aromatic carbocycles. The second kappa shape index (κ2) is 3.76. The fourth-order valence-electron chi connectivity index (χ4n) is 2.00. The van der Waals surface area contributed by atoms with Crippen LogP contribution in [-0.4, -0.2) is 20.5 Å². The van der Waals surface area contributed by atoms with Gasteiger partial charge in [-0.05, 0) is 18.9 Å². The Labute approximate surface area is 101 Å². The molecule has 2 aromatic rings. The first-order valence-corrected chi connectivity index (χ1v) is 5.60. The molecule has 94 valence electrons. The first-order valence-electron chi connectivity index (χ1n) is 5.60. The zero-order valence-electron chi connectivity index (χ0n) is 9.31. The van der Waals surface area contributed by atoms with E-state index in [-0.39, 0.29) is 16.8 Å². The van der Waals surface area contributed by atoms with Crippen molar-refractivity contribution in [2.45, 2.75) is 25.2 Å². The SMILES string of the molecule is O=C(O)c1cc(C(F)F)c2nc(C3CC3)cn2c1. The summed E-state index contributed by atoms with van der Waals surface area (Å²) in [4.78, 5) is 15.1. The molecule has 0 bridgehead atoms. The van der Waals surface area contributed by atoms with Crippen LogP contribution in [0.5, 0.6) is 0 Å². The number of hydrogen-bond acceptors (Lipinski definition) is 2. The van der Waals surface area contributed by atoms with Crippen molar-refractivity contribution in [3.05, 3.63) is 35.3 Å². The van der Waals surface area contributed by atoms with Gasteiger partial charge in [-0.25, -0.2) is 18.6 Å². The lowest BCUT2D eigenvalue weighted by molar-refractivity contribution is 0.0696. The molecule has 0 unspecified atom stereocenters. The van der Waals surface area contributed by atoms with Crippen molar-refractivity contribution < 1.29 is 18.7 Å². The Hall–Kier alpha value is -1.98. The third-order valence-corrected chi connectivity index (χ3v) is 3.08. The summed E-state index contributed by atoms with van der Waals surface area (Å²) in [7, 11) is 0. The number of carbonyl (C=O) groups is 1. The van der Waals surface area contributed by atoms with Gasteiger partial charge in [-0.1, -0.05) is 0 Å². The van der Waals surface area contributed by atoms with Crippen LogP contribution in [0.4, 0.5) is 8.78 Å². The molecule has 0 aliphatic heterocycles. The molecule has 1 N–H and O–H groups in total. The third-order valence-electron chi connectivity index (χ3n) is 3.08. The standard InChI is InChI=1S/C12H10F2N2O2/c13-10(14)8-3-7(12(17)18)4-16-5-9(6-1-2-6)15-11(8)16/h3-6,10H,1-2H2,(H,17,18). The van der Waals surface area contributed by atoms with Crippen molar-refractivity contribution in [3.63, 3.8) is 0 Å².